The van der Waals surface area contributed by atoms with Crippen LogP contribution in [0.5, 0.6) is 11.5 Å². The van der Waals surface area contributed by atoms with E-state index in [1.807, 2.05) is 43.3 Å². The van der Waals surface area contributed by atoms with Crippen LogP contribution in [-0.2, 0) is 6.61 Å². The third kappa shape index (κ3) is 3.85. The largest absolute Gasteiger partial charge is 0.497 e. The lowest BCUT2D eigenvalue weighted by atomic mass is 9.99. The summed E-state index contributed by atoms with van der Waals surface area (Å²) in [4.78, 5) is 12.7. The molecule has 0 saturated heterocycles. The topological polar surface area (TPSA) is 48.7 Å². The van der Waals surface area contributed by atoms with Crippen molar-refractivity contribution in [1.29, 1.82) is 0 Å². The number of halogens is 1. The molecule has 1 aromatic heterocycles. The summed E-state index contributed by atoms with van der Waals surface area (Å²) >= 11 is 0. The minimum absolute atomic E-state index is 0.288. The zero-order chi connectivity index (χ0) is 20.4. The molecular weight excluding hydrogens is 371 g/mol. The maximum absolute atomic E-state index is 13.0. The highest BCUT2D eigenvalue weighted by molar-refractivity contribution is 5.87. The quantitative estimate of drug-likeness (QED) is 0.423. The molecule has 0 bridgehead atoms. The number of ether oxygens (including phenoxy) is 2. The fourth-order valence-electron chi connectivity index (χ4n) is 3.26. The second-order valence-electron chi connectivity index (χ2n) is 6.69. The Morgan fingerprint density at radius 1 is 0.931 bits per heavy atom. The highest BCUT2D eigenvalue weighted by Gasteiger charge is 2.14. The molecule has 3 aromatic carbocycles. The zero-order valence-corrected chi connectivity index (χ0v) is 16.1. The van der Waals surface area contributed by atoms with E-state index in [1.54, 1.807) is 25.3 Å². The summed E-state index contributed by atoms with van der Waals surface area (Å²) in [7, 11) is 1.60. The van der Waals surface area contributed by atoms with Crippen LogP contribution in [0.15, 0.2) is 75.9 Å². The average molecular weight is 390 g/mol. The molecule has 0 spiro atoms. The van der Waals surface area contributed by atoms with E-state index in [2.05, 4.69) is 0 Å². The molecular formula is C24H19FO4. The number of aryl methyl sites for hydroxylation is 1. The third-order valence-corrected chi connectivity index (χ3v) is 4.84. The van der Waals surface area contributed by atoms with Gasteiger partial charge in [-0.15, -0.1) is 0 Å². The summed E-state index contributed by atoms with van der Waals surface area (Å²) in [6.07, 6.45) is 0. The van der Waals surface area contributed by atoms with Crippen molar-refractivity contribution >= 4 is 11.0 Å². The molecule has 1 heterocycles. The lowest BCUT2D eigenvalue weighted by Crippen LogP contribution is -2.06. The SMILES string of the molecule is COc1ccc(-c2c(C)c3ccc(OCc4ccc(F)cc4)cc3oc2=O)cc1. The lowest BCUT2D eigenvalue weighted by molar-refractivity contribution is 0.306. The lowest BCUT2D eigenvalue weighted by Gasteiger charge is -2.11. The van der Waals surface area contributed by atoms with Crippen molar-refractivity contribution in [2.24, 2.45) is 0 Å². The molecule has 5 heteroatoms. The number of rotatable bonds is 5. The molecule has 0 unspecified atom stereocenters. The molecule has 0 aliphatic carbocycles. The molecule has 0 N–H and O–H groups in total. The van der Waals surface area contributed by atoms with Crippen molar-refractivity contribution < 1.29 is 18.3 Å². The smallest absolute Gasteiger partial charge is 0.344 e. The van der Waals surface area contributed by atoms with Gasteiger partial charge in [-0.1, -0.05) is 24.3 Å². The van der Waals surface area contributed by atoms with Crippen molar-refractivity contribution in [2.45, 2.75) is 13.5 Å². The van der Waals surface area contributed by atoms with E-state index < -0.39 is 5.63 Å². The first-order chi connectivity index (χ1) is 14.0. The summed E-state index contributed by atoms with van der Waals surface area (Å²) in [5.74, 6) is 1.01. The van der Waals surface area contributed by atoms with Gasteiger partial charge in [0.25, 0.3) is 0 Å². The van der Waals surface area contributed by atoms with Crippen molar-refractivity contribution in [1.82, 2.24) is 0 Å². The predicted molar refractivity (Wildman–Crippen MR) is 110 cm³/mol. The van der Waals surface area contributed by atoms with Crippen LogP contribution in [0.1, 0.15) is 11.1 Å². The zero-order valence-electron chi connectivity index (χ0n) is 16.1. The number of fused-ring (bicyclic) bond motifs is 1. The van der Waals surface area contributed by atoms with Crippen molar-refractivity contribution in [3.05, 3.63) is 94.1 Å². The Morgan fingerprint density at radius 2 is 1.62 bits per heavy atom. The third-order valence-electron chi connectivity index (χ3n) is 4.84. The van der Waals surface area contributed by atoms with Gasteiger partial charge in [0.2, 0.25) is 0 Å². The standard InChI is InChI=1S/C24H19FO4/c1-15-21-12-11-20(28-14-16-3-7-18(25)8-4-16)13-22(21)29-24(26)23(15)17-5-9-19(27-2)10-6-17/h3-13H,14H2,1-2H3. The molecule has 0 fully saturated rings. The highest BCUT2D eigenvalue weighted by Crippen LogP contribution is 2.30. The van der Waals surface area contributed by atoms with Crippen molar-refractivity contribution in [3.63, 3.8) is 0 Å². The summed E-state index contributed by atoms with van der Waals surface area (Å²) in [6, 6.07) is 18.8. The summed E-state index contributed by atoms with van der Waals surface area (Å²) < 4.78 is 29.5. The van der Waals surface area contributed by atoms with Gasteiger partial charge in [-0.3, -0.25) is 0 Å². The molecule has 0 atom stereocenters. The van der Waals surface area contributed by atoms with E-state index in [0.29, 0.717) is 23.5 Å². The van der Waals surface area contributed by atoms with Crippen LogP contribution < -0.4 is 15.1 Å². The van der Waals surface area contributed by atoms with Gasteiger partial charge in [-0.05, 0) is 60.0 Å². The summed E-state index contributed by atoms with van der Waals surface area (Å²) in [6.45, 7) is 2.19. The molecule has 0 radical (unpaired) electrons. The van der Waals surface area contributed by atoms with E-state index in [1.165, 1.54) is 12.1 Å². The maximum Gasteiger partial charge on any atom is 0.344 e. The van der Waals surface area contributed by atoms with E-state index in [0.717, 1.165) is 27.8 Å². The Balaban J connectivity index is 1.65. The normalized spacial score (nSPS) is 10.9. The second-order valence-corrected chi connectivity index (χ2v) is 6.69. The minimum Gasteiger partial charge on any atom is -0.497 e. The molecule has 4 rings (SSSR count). The number of hydrogen-bond acceptors (Lipinski definition) is 4. The van der Waals surface area contributed by atoms with Gasteiger partial charge in [0, 0.05) is 11.5 Å². The Bertz CT molecular complexity index is 1210. The van der Waals surface area contributed by atoms with Crippen LogP contribution in [-0.4, -0.2) is 7.11 Å². The minimum atomic E-state index is -0.407. The fraction of sp³-hybridized carbons (Fsp3) is 0.125. The van der Waals surface area contributed by atoms with E-state index >= 15 is 0 Å². The molecule has 0 aliphatic heterocycles. The Kier molecular flexibility index (Phi) is 5.04. The van der Waals surface area contributed by atoms with Gasteiger partial charge in [0.1, 0.15) is 29.5 Å². The van der Waals surface area contributed by atoms with Crippen molar-refractivity contribution in [2.75, 3.05) is 7.11 Å². The Morgan fingerprint density at radius 3 is 2.31 bits per heavy atom. The summed E-state index contributed by atoms with van der Waals surface area (Å²) in [5, 5.41) is 0.838. The molecule has 29 heavy (non-hydrogen) atoms. The first-order valence-electron chi connectivity index (χ1n) is 9.14. The van der Waals surface area contributed by atoms with Gasteiger partial charge in [-0.25, -0.2) is 9.18 Å². The Hall–Kier alpha value is -3.60. The van der Waals surface area contributed by atoms with Crippen LogP contribution in [0.2, 0.25) is 0 Å². The number of methoxy groups -OCH3 is 1. The van der Waals surface area contributed by atoms with Crippen LogP contribution in [0.25, 0.3) is 22.1 Å². The van der Waals surface area contributed by atoms with Gasteiger partial charge >= 0.3 is 5.63 Å². The highest BCUT2D eigenvalue weighted by atomic mass is 19.1. The van der Waals surface area contributed by atoms with Crippen LogP contribution in [0, 0.1) is 12.7 Å². The van der Waals surface area contributed by atoms with Gasteiger partial charge < -0.3 is 13.9 Å². The van der Waals surface area contributed by atoms with Gasteiger partial charge in [0.05, 0.1) is 12.7 Å². The van der Waals surface area contributed by atoms with Crippen molar-refractivity contribution in [3.8, 4) is 22.6 Å². The predicted octanol–water partition coefficient (Wildman–Crippen LogP) is 5.50. The molecule has 0 saturated carbocycles. The second kappa shape index (κ2) is 7.80. The Labute approximate surface area is 167 Å². The molecule has 4 nitrogen and oxygen atoms in total. The van der Waals surface area contributed by atoms with E-state index in [9.17, 15) is 9.18 Å². The first kappa shape index (κ1) is 18.7. The van der Waals surface area contributed by atoms with Crippen LogP contribution in [0.3, 0.4) is 0 Å². The summed E-state index contributed by atoms with van der Waals surface area (Å²) in [5.41, 5.74) is 3.04. The van der Waals surface area contributed by atoms with E-state index in [-0.39, 0.29) is 5.82 Å². The molecule has 0 aliphatic rings. The van der Waals surface area contributed by atoms with E-state index in [4.69, 9.17) is 13.9 Å². The number of benzene rings is 3. The van der Waals surface area contributed by atoms with Gasteiger partial charge in [0.15, 0.2) is 0 Å². The van der Waals surface area contributed by atoms with Crippen LogP contribution in [0.4, 0.5) is 4.39 Å². The molecule has 146 valence electrons. The average Bonchev–Trinajstić information content (AvgIpc) is 2.73. The fourth-order valence-corrected chi connectivity index (χ4v) is 3.26. The molecule has 4 aromatic rings. The van der Waals surface area contributed by atoms with Gasteiger partial charge in [-0.2, -0.15) is 0 Å². The number of hydrogen-bond donors (Lipinski definition) is 0. The maximum atomic E-state index is 13.0. The monoisotopic (exact) mass is 390 g/mol. The molecule has 0 amide bonds. The first-order valence-corrected chi connectivity index (χ1v) is 9.14. The van der Waals surface area contributed by atoms with Crippen LogP contribution >= 0.6 is 0 Å².